The van der Waals surface area contributed by atoms with Crippen LogP contribution in [0.5, 0.6) is 0 Å². The summed E-state index contributed by atoms with van der Waals surface area (Å²) in [6.07, 6.45) is 0. The van der Waals surface area contributed by atoms with E-state index < -0.39 is 15.8 Å². The fourth-order valence-corrected chi connectivity index (χ4v) is 3.14. The molecule has 0 saturated heterocycles. The molecule has 0 spiro atoms. The molecule has 0 unspecified atom stereocenters. The Morgan fingerprint density at radius 1 is 0.900 bits per heavy atom. The molecule has 106 valence electrons. The van der Waals surface area contributed by atoms with Crippen molar-refractivity contribution in [2.45, 2.75) is 4.90 Å². The molecule has 2 aromatic rings. The van der Waals surface area contributed by atoms with Gasteiger partial charge in [-0.1, -0.05) is 34.8 Å². The van der Waals surface area contributed by atoms with Crippen molar-refractivity contribution < 1.29 is 12.8 Å². The molecule has 0 aliphatic carbocycles. The van der Waals surface area contributed by atoms with E-state index in [1.165, 1.54) is 12.1 Å². The third-order valence-corrected chi connectivity index (χ3v) is 4.79. The first kappa shape index (κ1) is 15.4. The zero-order valence-electron chi connectivity index (χ0n) is 9.70. The van der Waals surface area contributed by atoms with Crippen molar-refractivity contribution in [1.29, 1.82) is 0 Å². The van der Waals surface area contributed by atoms with Gasteiger partial charge < -0.3 is 0 Å². The van der Waals surface area contributed by atoms with Gasteiger partial charge in [-0.05, 0) is 36.4 Å². The first-order chi connectivity index (χ1) is 9.29. The second-order valence-electron chi connectivity index (χ2n) is 3.81. The van der Waals surface area contributed by atoms with Gasteiger partial charge in [0.1, 0.15) is 5.82 Å². The zero-order valence-corrected chi connectivity index (χ0v) is 12.8. The summed E-state index contributed by atoms with van der Waals surface area (Å²) in [6.45, 7) is 0. The average molecular weight is 355 g/mol. The SMILES string of the molecule is O=S(=O)(Nc1cc(Cl)c(Cl)cc1Cl)c1ccc(F)cc1. The number of halogens is 4. The molecule has 3 nitrogen and oxygen atoms in total. The summed E-state index contributed by atoms with van der Waals surface area (Å²) in [6, 6.07) is 7.00. The molecule has 8 heteroatoms. The van der Waals surface area contributed by atoms with E-state index in [2.05, 4.69) is 4.72 Å². The molecule has 2 rings (SSSR count). The van der Waals surface area contributed by atoms with Crippen LogP contribution in [0.4, 0.5) is 10.1 Å². The normalized spacial score (nSPS) is 11.4. The van der Waals surface area contributed by atoms with Crippen LogP contribution in [0.25, 0.3) is 0 Å². The van der Waals surface area contributed by atoms with Crippen LogP contribution in [0.1, 0.15) is 0 Å². The molecule has 0 aliphatic rings. The quantitative estimate of drug-likeness (QED) is 0.820. The molecule has 1 N–H and O–H groups in total. The molecule has 2 aromatic carbocycles. The molecule has 0 atom stereocenters. The third kappa shape index (κ3) is 3.35. The first-order valence-electron chi connectivity index (χ1n) is 5.22. The molecule has 0 amide bonds. The summed E-state index contributed by atoms with van der Waals surface area (Å²) in [5.41, 5.74) is 0.0883. The minimum Gasteiger partial charge on any atom is -0.278 e. The Bertz CT molecular complexity index is 748. The maximum Gasteiger partial charge on any atom is 0.261 e. The predicted octanol–water partition coefficient (Wildman–Crippen LogP) is 4.59. The van der Waals surface area contributed by atoms with Crippen molar-refractivity contribution in [3.63, 3.8) is 0 Å². The standard InChI is InChI=1S/C12H7Cl3FNO2S/c13-9-5-11(15)12(6-10(9)14)17-20(18,19)8-3-1-7(16)2-4-8/h1-6,17H. The van der Waals surface area contributed by atoms with E-state index >= 15 is 0 Å². The van der Waals surface area contributed by atoms with Gasteiger partial charge in [-0.15, -0.1) is 0 Å². The molecular formula is C12H7Cl3FNO2S. The Morgan fingerprint density at radius 3 is 2.05 bits per heavy atom. The monoisotopic (exact) mass is 353 g/mol. The van der Waals surface area contributed by atoms with E-state index in [0.29, 0.717) is 0 Å². The molecular weight excluding hydrogens is 348 g/mol. The average Bonchev–Trinajstić information content (AvgIpc) is 2.36. The number of nitrogens with one attached hydrogen (secondary N) is 1. The van der Waals surface area contributed by atoms with E-state index in [0.717, 1.165) is 24.3 Å². The summed E-state index contributed by atoms with van der Waals surface area (Å²) in [5.74, 6) is -0.531. The second kappa shape index (κ2) is 5.77. The highest BCUT2D eigenvalue weighted by Crippen LogP contribution is 2.33. The molecule has 0 bridgehead atoms. The minimum absolute atomic E-state index is 0.0883. The van der Waals surface area contributed by atoms with Gasteiger partial charge in [0.05, 0.1) is 25.7 Å². The highest BCUT2D eigenvalue weighted by atomic mass is 35.5. The third-order valence-electron chi connectivity index (χ3n) is 2.38. The van der Waals surface area contributed by atoms with Crippen molar-refractivity contribution in [3.8, 4) is 0 Å². The highest BCUT2D eigenvalue weighted by molar-refractivity contribution is 7.92. The van der Waals surface area contributed by atoms with E-state index in [1.807, 2.05) is 0 Å². The minimum atomic E-state index is -3.89. The van der Waals surface area contributed by atoms with Crippen molar-refractivity contribution in [1.82, 2.24) is 0 Å². The number of sulfonamides is 1. The summed E-state index contributed by atoms with van der Waals surface area (Å²) in [7, 11) is -3.89. The van der Waals surface area contributed by atoms with Gasteiger partial charge in [-0.2, -0.15) is 0 Å². The Hall–Kier alpha value is -1.01. The Labute approximate surface area is 130 Å². The van der Waals surface area contributed by atoms with Crippen LogP contribution in [-0.2, 0) is 10.0 Å². The number of anilines is 1. The molecule has 0 aromatic heterocycles. The summed E-state index contributed by atoms with van der Waals surface area (Å²) < 4.78 is 39.2. The smallest absolute Gasteiger partial charge is 0.261 e. The van der Waals surface area contributed by atoms with E-state index in [-0.39, 0.29) is 25.7 Å². The van der Waals surface area contributed by atoms with Crippen LogP contribution in [0.3, 0.4) is 0 Å². The maximum absolute atomic E-state index is 12.8. The fraction of sp³-hybridized carbons (Fsp3) is 0. The van der Waals surface area contributed by atoms with E-state index in [9.17, 15) is 12.8 Å². The Kier molecular flexibility index (Phi) is 4.44. The van der Waals surface area contributed by atoms with Gasteiger partial charge in [0.15, 0.2) is 0 Å². The number of rotatable bonds is 3. The first-order valence-corrected chi connectivity index (χ1v) is 7.84. The Morgan fingerprint density at radius 2 is 1.45 bits per heavy atom. The van der Waals surface area contributed by atoms with Crippen LogP contribution < -0.4 is 4.72 Å². The van der Waals surface area contributed by atoms with Crippen LogP contribution in [0.2, 0.25) is 15.1 Å². The molecule has 0 aliphatic heterocycles. The highest BCUT2D eigenvalue weighted by Gasteiger charge is 2.17. The molecule has 20 heavy (non-hydrogen) atoms. The molecule has 0 radical (unpaired) electrons. The van der Waals surface area contributed by atoms with Crippen molar-refractivity contribution >= 4 is 50.5 Å². The topological polar surface area (TPSA) is 46.2 Å². The van der Waals surface area contributed by atoms with Crippen LogP contribution in [0.15, 0.2) is 41.3 Å². The van der Waals surface area contributed by atoms with Gasteiger partial charge >= 0.3 is 0 Å². The van der Waals surface area contributed by atoms with Gasteiger partial charge in [-0.3, -0.25) is 4.72 Å². The van der Waals surface area contributed by atoms with Crippen molar-refractivity contribution in [3.05, 3.63) is 57.3 Å². The van der Waals surface area contributed by atoms with Gasteiger partial charge in [-0.25, -0.2) is 12.8 Å². The van der Waals surface area contributed by atoms with Crippen molar-refractivity contribution in [2.75, 3.05) is 4.72 Å². The van der Waals surface area contributed by atoms with Crippen molar-refractivity contribution in [2.24, 2.45) is 0 Å². The Balaban J connectivity index is 2.38. The lowest BCUT2D eigenvalue weighted by Crippen LogP contribution is -2.13. The molecule has 0 heterocycles. The van der Waals surface area contributed by atoms with Crippen LogP contribution in [-0.4, -0.2) is 8.42 Å². The molecule has 0 fully saturated rings. The maximum atomic E-state index is 12.8. The number of hydrogen-bond acceptors (Lipinski definition) is 2. The zero-order chi connectivity index (χ0) is 14.9. The van der Waals surface area contributed by atoms with Gasteiger partial charge in [0.25, 0.3) is 10.0 Å². The number of hydrogen-bond donors (Lipinski definition) is 1. The second-order valence-corrected chi connectivity index (χ2v) is 6.71. The lowest BCUT2D eigenvalue weighted by Gasteiger charge is -2.10. The van der Waals surface area contributed by atoms with E-state index in [4.69, 9.17) is 34.8 Å². The van der Waals surface area contributed by atoms with E-state index in [1.54, 1.807) is 0 Å². The fourth-order valence-electron chi connectivity index (χ4n) is 1.42. The summed E-state index contributed by atoms with van der Waals surface area (Å²) in [4.78, 5) is -0.0963. The summed E-state index contributed by atoms with van der Waals surface area (Å²) in [5, 5.41) is 0.472. The lowest BCUT2D eigenvalue weighted by molar-refractivity contribution is 0.599. The number of benzene rings is 2. The summed E-state index contributed by atoms with van der Waals surface area (Å²) >= 11 is 17.5. The van der Waals surface area contributed by atoms with Crippen LogP contribution >= 0.6 is 34.8 Å². The predicted molar refractivity (Wildman–Crippen MR) is 78.7 cm³/mol. The largest absolute Gasteiger partial charge is 0.278 e. The lowest BCUT2D eigenvalue weighted by atomic mass is 10.3. The van der Waals surface area contributed by atoms with Gasteiger partial charge in [0.2, 0.25) is 0 Å². The molecule has 0 saturated carbocycles. The van der Waals surface area contributed by atoms with Gasteiger partial charge in [0, 0.05) is 0 Å². The van der Waals surface area contributed by atoms with Crippen LogP contribution in [0, 0.1) is 5.82 Å².